The van der Waals surface area contributed by atoms with E-state index in [1.807, 2.05) is 0 Å². The Balaban J connectivity index is 1.89. The Bertz CT molecular complexity index is 944. The van der Waals surface area contributed by atoms with Crippen LogP contribution >= 0.6 is 39.7 Å². The minimum Gasteiger partial charge on any atom is -0.508 e. The van der Waals surface area contributed by atoms with Crippen LogP contribution in [0.15, 0.2) is 45.9 Å². The quantitative estimate of drug-likeness (QED) is 0.682. The maximum Gasteiger partial charge on any atom is 0.193 e. The molecule has 0 saturated heterocycles. The van der Waals surface area contributed by atoms with Crippen LogP contribution in [-0.4, -0.2) is 21.7 Å². The first-order valence-electron chi connectivity index (χ1n) is 7.17. The number of aliphatic imine (C=N–C) groups is 1. The predicted molar refractivity (Wildman–Crippen MR) is 100 cm³/mol. The molecule has 2 aliphatic rings. The molecule has 24 heavy (non-hydrogen) atoms. The largest absolute Gasteiger partial charge is 0.508 e. The van der Waals surface area contributed by atoms with E-state index in [1.54, 1.807) is 36.4 Å². The van der Waals surface area contributed by atoms with Crippen LogP contribution in [0.4, 0.5) is 0 Å². The molecule has 1 aliphatic heterocycles. The number of phenolic OH excluding ortho intramolecular Hbond substituents is 1. The summed E-state index contributed by atoms with van der Waals surface area (Å²) >= 11 is 14.8. The number of ketones is 1. The molecule has 0 aromatic heterocycles. The highest BCUT2D eigenvalue weighted by Gasteiger charge is 2.45. The first-order valence-corrected chi connectivity index (χ1v) is 8.75. The van der Waals surface area contributed by atoms with Gasteiger partial charge in [-0.2, -0.15) is 0 Å². The Morgan fingerprint density at radius 3 is 2.79 bits per heavy atom. The fourth-order valence-electron chi connectivity index (χ4n) is 3.23. The van der Waals surface area contributed by atoms with Gasteiger partial charge in [-0.1, -0.05) is 33.6 Å². The van der Waals surface area contributed by atoms with Crippen LogP contribution in [0.1, 0.15) is 27.5 Å². The number of hydrogen-bond acceptors (Lipinski definition) is 3. The lowest BCUT2D eigenvalue weighted by Crippen LogP contribution is -2.41. The van der Waals surface area contributed by atoms with Crippen molar-refractivity contribution < 1.29 is 9.90 Å². The van der Waals surface area contributed by atoms with Crippen molar-refractivity contribution >= 4 is 56.4 Å². The van der Waals surface area contributed by atoms with Gasteiger partial charge in [0.2, 0.25) is 0 Å². The van der Waals surface area contributed by atoms with Crippen molar-refractivity contribution in [3.63, 3.8) is 0 Å². The Hall–Kier alpha value is -1.76. The number of fused-ring (bicyclic) bond motifs is 3. The summed E-state index contributed by atoms with van der Waals surface area (Å²) in [4.78, 5) is 17.4. The molecule has 2 aromatic rings. The minimum absolute atomic E-state index is 0.0542. The van der Waals surface area contributed by atoms with Gasteiger partial charge in [-0.15, -0.1) is 0 Å². The number of benzene rings is 2. The van der Waals surface area contributed by atoms with Gasteiger partial charge in [0.1, 0.15) is 5.75 Å². The molecule has 0 amide bonds. The van der Waals surface area contributed by atoms with E-state index >= 15 is 0 Å². The number of nitrogens with one attached hydrogen (secondary N) is 1. The molecule has 4 rings (SSSR count). The van der Waals surface area contributed by atoms with Crippen LogP contribution in [0.25, 0.3) is 0 Å². The van der Waals surface area contributed by atoms with E-state index in [4.69, 9.17) is 23.8 Å². The van der Waals surface area contributed by atoms with E-state index < -0.39 is 12.0 Å². The molecule has 2 atom stereocenters. The molecule has 2 aromatic carbocycles. The predicted octanol–water partition coefficient (Wildman–Crippen LogP) is 4.04. The van der Waals surface area contributed by atoms with Crippen molar-refractivity contribution in [2.75, 3.05) is 0 Å². The number of phenols is 1. The highest BCUT2D eigenvalue weighted by atomic mass is 79.9. The summed E-state index contributed by atoms with van der Waals surface area (Å²) in [5.74, 6) is -0.444. The van der Waals surface area contributed by atoms with Gasteiger partial charge in [0, 0.05) is 20.6 Å². The smallest absolute Gasteiger partial charge is 0.193 e. The van der Waals surface area contributed by atoms with Gasteiger partial charge in [0.25, 0.3) is 0 Å². The lowest BCUT2D eigenvalue weighted by Gasteiger charge is -2.29. The topological polar surface area (TPSA) is 61.7 Å². The number of carbonyl (C=O) groups excluding carboxylic acids is 1. The molecule has 1 aliphatic carbocycles. The Morgan fingerprint density at radius 1 is 1.21 bits per heavy atom. The number of halogens is 2. The zero-order valence-electron chi connectivity index (χ0n) is 12.1. The first-order chi connectivity index (χ1) is 11.5. The lowest BCUT2D eigenvalue weighted by molar-refractivity contribution is 0.0944. The zero-order chi connectivity index (χ0) is 17.0. The monoisotopic (exact) mass is 420 g/mol. The number of nitrogens with zero attached hydrogens (tertiary/aromatic N) is 1. The third kappa shape index (κ3) is 2.37. The van der Waals surface area contributed by atoms with Crippen LogP contribution in [0, 0.1) is 5.92 Å². The minimum atomic E-state index is -0.511. The second-order valence-corrected chi connectivity index (χ2v) is 7.34. The van der Waals surface area contributed by atoms with Crippen molar-refractivity contribution in [1.29, 1.82) is 0 Å². The van der Waals surface area contributed by atoms with E-state index in [1.165, 1.54) is 0 Å². The molecule has 2 unspecified atom stereocenters. The number of hydrogen-bond donors (Lipinski definition) is 2. The van der Waals surface area contributed by atoms with Gasteiger partial charge in [-0.05, 0) is 48.1 Å². The van der Waals surface area contributed by atoms with Crippen molar-refractivity contribution in [2.45, 2.75) is 6.04 Å². The van der Waals surface area contributed by atoms with Crippen LogP contribution in [0.3, 0.4) is 0 Å². The average molecular weight is 422 g/mol. The Kier molecular flexibility index (Phi) is 3.71. The molecule has 1 heterocycles. The van der Waals surface area contributed by atoms with E-state index in [2.05, 4.69) is 26.2 Å². The molecular formula is C17H10BrClN2O2S. The van der Waals surface area contributed by atoms with Crippen molar-refractivity contribution in [3.8, 4) is 5.75 Å². The number of carbonyl (C=O) groups is 1. The highest BCUT2D eigenvalue weighted by molar-refractivity contribution is 9.10. The zero-order valence-corrected chi connectivity index (χ0v) is 15.2. The molecule has 2 N–H and O–H groups in total. The molecule has 7 heteroatoms. The summed E-state index contributed by atoms with van der Waals surface area (Å²) in [5, 5.41) is 13.8. The molecule has 0 saturated carbocycles. The maximum absolute atomic E-state index is 13.0. The van der Waals surface area contributed by atoms with Gasteiger partial charge in [0.05, 0.1) is 17.7 Å². The lowest BCUT2D eigenvalue weighted by atomic mass is 9.87. The molecule has 120 valence electrons. The van der Waals surface area contributed by atoms with Crippen LogP contribution in [0.5, 0.6) is 5.75 Å². The second-order valence-electron chi connectivity index (χ2n) is 5.66. The van der Waals surface area contributed by atoms with Crippen LogP contribution in [0.2, 0.25) is 5.02 Å². The highest BCUT2D eigenvalue weighted by Crippen LogP contribution is 2.41. The molecule has 4 nitrogen and oxygen atoms in total. The SMILES string of the molecule is O=C1c2cc(Cl)ccc2C2=NC(=S)NC(c3cc(O)ccc3Br)C12. The van der Waals surface area contributed by atoms with Crippen molar-refractivity contribution in [3.05, 3.63) is 62.6 Å². The van der Waals surface area contributed by atoms with Crippen LogP contribution < -0.4 is 5.32 Å². The summed E-state index contributed by atoms with van der Waals surface area (Å²) in [6.45, 7) is 0. The molecular weight excluding hydrogens is 412 g/mol. The van der Waals surface area contributed by atoms with E-state index in [0.717, 1.165) is 15.6 Å². The maximum atomic E-state index is 13.0. The summed E-state index contributed by atoms with van der Waals surface area (Å²) in [6, 6.07) is 9.73. The second kappa shape index (κ2) is 5.65. The Morgan fingerprint density at radius 2 is 2.00 bits per heavy atom. The van der Waals surface area contributed by atoms with Crippen molar-refractivity contribution in [1.82, 2.24) is 5.32 Å². The van der Waals surface area contributed by atoms with Gasteiger partial charge < -0.3 is 10.4 Å². The molecule has 0 fully saturated rings. The number of rotatable bonds is 1. The molecule has 0 spiro atoms. The fourth-order valence-corrected chi connectivity index (χ4v) is 4.12. The summed E-state index contributed by atoms with van der Waals surface area (Å²) in [6.07, 6.45) is 0. The number of Topliss-reactive ketones (excluding diaryl/α,β-unsaturated/α-hetero) is 1. The van der Waals surface area contributed by atoms with Crippen molar-refractivity contribution in [2.24, 2.45) is 10.9 Å². The van der Waals surface area contributed by atoms with Gasteiger partial charge in [-0.25, -0.2) is 4.99 Å². The summed E-state index contributed by atoms with van der Waals surface area (Å²) in [7, 11) is 0. The molecule has 0 bridgehead atoms. The average Bonchev–Trinajstić information content (AvgIpc) is 2.81. The first kappa shape index (κ1) is 15.7. The standard InChI is InChI=1S/C17H10BrClN2O2S/c18-12-4-2-8(22)6-11(12)15-13-14(20-17(24)21-15)9-3-1-7(19)5-10(9)16(13)23/h1-6,13,15,22H,(H,21,24). The van der Waals surface area contributed by atoms with Gasteiger partial charge >= 0.3 is 0 Å². The summed E-state index contributed by atoms with van der Waals surface area (Å²) in [5.41, 5.74) is 2.72. The van der Waals surface area contributed by atoms with E-state index in [0.29, 0.717) is 21.4 Å². The Labute approximate surface area is 156 Å². The summed E-state index contributed by atoms with van der Waals surface area (Å²) < 4.78 is 0.781. The normalized spacial score (nSPS) is 21.8. The number of thiocarbonyl (C=S) groups is 1. The third-order valence-electron chi connectivity index (χ3n) is 4.25. The van der Waals surface area contributed by atoms with E-state index in [-0.39, 0.29) is 11.5 Å². The van der Waals surface area contributed by atoms with Gasteiger partial charge in [0.15, 0.2) is 10.9 Å². The molecule has 0 radical (unpaired) electrons. The fraction of sp³-hybridized carbons (Fsp3) is 0.118. The third-order valence-corrected chi connectivity index (χ3v) is 5.42. The van der Waals surface area contributed by atoms with Crippen LogP contribution in [-0.2, 0) is 0 Å². The van der Waals surface area contributed by atoms with Gasteiger partial charge in [-0.3, -0.25) is 4.79 Å². The van der Waals surface area contributed by atoms with E-state index in [9.17, 15) is 9.90 Å². The number of aromatic hydroxyl groups is 1.